The molecule has 4 heterocycles. The molecule has 0 aliphatic carbocycles. The minimum Gasteiger partial charge on any atom is -0.485 e. The number of carbonyl (C=O) groups is 1. The van der Waals surface area contributed by atoms with Gasteiger partial charge in [0.1, 0.15) is 12.4 Å². The predicted molar refractivity (Wildman–Crippen MR) is 115 cm³/mol. The molecule has 0 spiro atoms. The van der Waals surface area contributed by atoms with Crippen molar-refractivity contribution in [1.82, 2.24) is 20.1 Å². The van der Waals surface area contributed by atoms with Gasteiger partial charge in [-0.3, -0.25) is 4.79 Å². The van der Waals surface area contributed by atoms with Crippen LogP contribution in [0.2, 0.25) is 0 Å². The molecule has 1 N–H and O–H groups in total. The summed E-state index contributed by atoms with van der Waals surface area (Å²) in [7, 11) is 0. The van der Waals surface area contributed by atoms with Gasteiger partial charge in [-0.2, -0.15) is 0 Å². The maximum absolute atomic E-state index is 12.9. The molecule has 9 nitrogen and oxygen atoms in total. The number of fused-ring (bicyclic) bond motifs is 1. The molecule has 0 bridgehead atoms. The van der Waals surface area contributed by atoms with Crippen molar-refractivity contribution in [1.29, 1.82) is 0 Å². The van der Waals surface area contributed by atoms with Crippen molar-refractivity contribution in [2.45, 2.75) is 6.10 Å². The summed E-state index contributed by atoms with van der Waals surface area (Å²) in [6, 6.07) is 16.8. The van der Waals surface area contributed by atoms with E-state index in [4.69, 9.17) is 9.47 Å². The van der Waals surface area contributed by atoms with E-state index in [2.05, 4.69) is 25.4 Å². The molecule has 1 aromatic carbocycles. The van der Waals surface area contributed by atoms with Gasteiger partial charge in [0.2, 0.25) is 6.10 Å². The van der Waals surface area contributed by atoms with E-state index < -0.39 is 6.10 Å². The highest BCUT2D eigenvalue weighted by Crippen LogP contribution is 2.31. The van der Waals surface area contributed by atoms with Gasteiger partial charge in [-0.25, -0.2) is 4.98 Å². The molecule has 2 aromatic heterocycles. The maximum atomic E-state index is 12.9. The average Bonchev–Trinajstić information content (AvgIpc) is 2.84. The van der Waals surface area contributed by atoms with Gasteiger partial charge >= 0.3 is 0 Å². The van der Waals surface area contributed by atoms with E-state index in [-0.39, 0.29) is 12.5 Å². The molecule has 0 radical (unpaired) electrons. The summed E-state index contributed by atoms with van der Waals surface area (Å²) in [5.41, 5.74) is 0. The number of hydrogen-bond acceptors (Lipinski definition) is 8. The molecule has 158 valence electrons. The van der Waals surface area contributed by atoms with Crippen LogP contribution in [-0.2, 0) is 4.79 Å². The predicted octanol–water partition coefficient (Wildman–Crippen LogP) is 2.10. The van der Waals surface area contributed by atoms with Gasteiger partial charge in [-0.1, -0.05) is 18.2 Å². The molecule has 2 aliphatic rings. The molecule has 1 amide bonds. The zero-order valence-electron chi connectivity index (χ0n) is 16.8. The van der Waals surface area contributed by atoms with Crippen molar-refractivity contribution in [3.63, 3.8) is 0 Å². The second-order valence-corrected chi connectivity index (χ2v) is 7.29. The number of hydrogen-bond donors (Lipinski definition) is 1. The van der Waals surface area contributed by atoms with Crippen LogP contribution >= 0.6 is 0 Å². The van der Waals surface area contributed by atoms with E-state index in [1.807, 2.05) is 59.5 Å². The lowest BCUT2D eigenvalue weighted by molar-refractivity contribution is -0.141. The summed E-state index contributed by atoms with van der Waals surface area (Å²) in [4.78, 5) is 21.0. The highest BCUT2D eigenvalue weighted by molar-refractivity contribution is 5.82. The van der Waals surface area contributed by atoms with Gasteiger partial charge in [0.05, 0.1) is 0 Å². The van der Waals surface area contributed by atoms with Crippen LogP contribution in [0, 0.1) is 0 Å². The molecular formula is C22H22N6O3. The minimum absolute atomic E-state index is 0.0462. The average molecular weight is 418 g/mol. The molecule has 5 rings (SSSR count). The Morgan fingerprint density at radius 1 is 0.903 bits per heavy atom. The zero-order chi connectivity index (χ0) is 21.0. The first-order valence-electron chi connectivity index (χ1n) is 10.2. The summed E-state index contributed by atoms with van der Waals surface area (Å²) in [5, 5.41) is 11.7. The van der Waals surface area contributed by atoms with Crippen LogP contribution in [0.5, 0.6) is 11.5 Å². The standard InChI is InChI=1S/C22H22N6O3/c29-22(18-15-30-16-5-1-2-6-17(16)31-18)28-13-11-27(12-14-28)21-9-8-20(25-26-21)24-19-7-3-4-10-23-19/h1-10,18H,11-15H2,(H,23,24,25). The van der Waals surface area contributed by atoms with Gasteiger partial charge in [0.15, 0.2) is 23.1 Å². The third-order valence-electron chi connectivity index (χ3n) is 5.27. The number of amides is 1. The van der Waals surface area contributed by atoms with Crippen LogP contribution in [0.15, 0.2) is 60.8 Å². The highest BCUT2D eigenvalue weighted by atomic mass is 16.6. The Balaban J connectivity index is 1.16. The van der Waals surface area contributed by atoms with Crippen molar-refractivity contribution < 1.29 is 14.3 Å². The molecule has 31 heavy (non-hydrogen) atoms. The molecule has 2 aliphatic heterocycles. The largest absolute Gasteiger partial charge is 0.485 e. The van der Waals surface area contributed by atoms with Gasteiger partial charge in [0, 0.05) is 32.4 Å². The molecule has 1 unspecified atom stereocenters. The first-order valence-corrected chi connectivity index (χ1v) is 10.2. The fourth-order valence-electron chi connectivity index (χ4n) is 3.63. The molecule has 1 fully saturated rings. The van der Waals surface area contributed by atoms with Crippen molar-refractivity contribution in [2.24, 2.45) is 0 Å². The molecule has 9 heteroatoms. The summed E-state index contributed by atoms with van der Waals surface area (Å²) in [5.74, 6) is 3.37. The zero-order valence-corrected chi connectivity index (χ0v) is 16.8. The van der Waals surface area contributed by atoms with E-state index in [9.17, 15) is 4.79 Å². The number of aromatic nitrogens is 3. The van der Waals surface area contributed by atoms with E-state index in [1.54, 1.807) is 6.20 Å². The van der Waals surface area contributed by atoms with Crippen LogP contribution in [0.4, 0.5) is 17.5 Å². The second-order valence-electron chi connectivity index (χ2n) is 7.29. The van der Waals surface area contributed by atoms with Crippen LogP contribution in [-0.4, -0.2) is 64.9 Å². The second kappa shape index (κ2) is 8.47. The van der Waals surface area contributed by atoms with Crippen molar-refractivity contribution in [2.75, 3.05) is 43.0 Å². The number of rotatable bonds is 4. The Morgan fingerprint density at radius 3 is 2.45 bits per heavy atom. The number of nitrogens with one attached hydrogen (secondary N) is 1. The summed E-state index contributed by atoms with van der Waals surface area (Å²) in [6.45, 7) is 2.77. The highest BCUT2D eigenvalue weighted by Gasteiger charge is 2.32. The Hall–Kier alpha value is -3.88. The molecule has 0 saturated carbocycles. The maximum Gasteiger partial charge on any atom is 0.267 e. The molecule has 1 atom stereocenters. The number of carbonyl (C=O) groups excluding carboxylic acids is 1. The van der Waals surface area contributed by atoms with Crippen LogP contribution < -0.4 is 19.7 Å². The molecule has 1 saturated heterocycles. The van der Waals surface area contributed by atoms with Crippen molar-refractivity contribution in [3.8, 4) is 11.5 Å². The van der Waals surface area contributed by atoms with Crippen LogP contribution in [0.1, 0.15) is 0 Å². The third kappa shape index (κ3) is 4.20. The Labute approximate surface area is 179 Å². The van der Waals surface area contributed by atoms with Crippen LogP contribution in [0.3, 0.4) is 0 Å². The summed E-state index contributed by atoms with van der Waals surface area (Å²) < 4.78 is 11.5. The molecular weight excluding hydrogens is 396 g/mol. The van der Waals surface area contributed by atoms with Crippen LogP contribution in [0.25, 0.3) is 0 Å². The topological polar surface area (TPSA) is 92.7 Å². The van der Waals surface area contributed by atoms with Gasteiger partial charge < -0.3 is 24.6 Å². The van der Waals surface area contributed by atoms with E-state index >= 15 is 0 Å². The number of piperazine rings is 1. The summed E-state index contributed by atoms with van der Waals surface area (Å²) in [6.07, 6.45) is 1.10. The quantitative estimate of drug-likeness (QED) is 0.689. The molecule has 3 aromatic rings. The SMILES string of the molecule is O=C(C1COc2ccccc2O1)N1CCN(c2ccc(Nc3ccccn3)nn2)CC1. The van der Waals surface area contributed by atoms with E-state index in [1.165, 1.54) is 0 Å². The first kappa shape index (κ1) is 19.1. The normalized spacial score (nSPS) is 17.9. The number of ether oxygens (including phenoxy) is 2. The number of pyridine rings is 1. The first-order chi connectivity index (χ1) is 15.3. The lowest BCUT2D eigenvalue weighted by Crippen LogP contribution is -2.54. The third-order valence-corrected chi connectivity index (χ3v) is 5.27. The van der Waals surface area contributed by atoms with Crippen molar-refractivity contribution >= 4 is 23.4 Å². The monoisotopic (exact) mass is 418 g/mol. The number of para-hydroxylation sites is 2. The smallest absolute Gasteiger partial charge is 0.267 e. The van der Waals surface area contributed by atoms with Gasteiger partial charge in [-0.05, 0) is 36.4 Å². The van der Waals surface area contributed by atoms with E-state index in [0.29, 0.717) is 49.3 Å². The minimum atomic E-state index is -0.613. The Bertz CT molecular complexity index is 1040. The summed E-state index contributed by atoms with van der Waals surface area (Å²) >= 11 is 0. The van der Waals surface area contributed by atoms with Crippen molar-refractivity contribution in [3.05, 3.63) is 60.8 Å². The fourth-order valence-corrected chi connectivity index (χ4v) is 3.63. The fraction of sp³-hybridized carbons (Fsp3) is 0.273. The Morgan fingerprint density at radius 2 is 1.71 bits per heavy atom. The Kier molecular flexibility index (Phi) is 5.22. The van der Waals surface area contributed by atoms with E-state index in [0.717, 1.165) is 5.82 Å². The van der Waals surface area contributed by atoms with Gasteiger partial charge in [-0.15, -0.1) is 10.2 Å². The number of nitrogens with zero attached hydrogens (tertiary/aromatic N) is 5. The number of benzene rings is 1. The van der Waals surface area contributed by atoms with Gasteiger partial charge in [0.25, 0.3) is 5.91 Å². The lowest BCUT2D eigenvalue weighted by atomic mass is 10.2. The lowest BCUT2D eigenvalue weighted by Gasteiger charge is -2.37. The number of anilines is 3.